The monoisotopic (exact) mass is 237 g/mol. The smallest absolute Gasteiger partial charge is 0.165 e. The fourth-order valence-corrected chi connectivity index (χ4v) is 1.68. The summed E-state index contributed by atoms with van der Waals surface area (Å²) in [7, 11) is 0. The van der Waals surface area contributed by atoms with Gasteiger partial charge in [-0.25, -0.2) is 4.39 Å². The topological polar surface area (TPSA) is 39.2 Å². The maximum atomic E-state index is 13.4. The zero-order valence-electron chi connectivity index (χ0n) is 8.22. The van der Waals surface area contributed by atoms with E-state index in [2.05, 4.69) is 4.98 Å². The zero-order chi connectivity index (χ0) is 11.4. The van der Waals surface area contributed by atoms with E-state index >= 15 is 0 Å². The molecule has 0 amide bonds. The number of hydrogen-bond donors (Lipinski definition) is 0. The number of thiazole rings is 1. The van der Waals surface area contributed by atoms with E-state index in [4.69, 9.17) is 4.74 Å². The first-order chi connectivity index (χ1) is 7.79. The first-order valence-corrected chi connectivity index (χ1v) is 5.42. The zero-order valence-corrected chi connectivity index (χ0v) is 9.04. The molecule has 0 N–H and O–H groups in total. The maximum absolute atomic E-state index is 13.4. The molecule has 0 atom stereocenters. The third-order valence-electron chi connectivity index (χ3n) is 1.95. The van der Waals surface area contributed by atoms with Crippen molar-refractivity contribution in [3.63, 3.8) is 0 Å². The lowest BCUT2D eigenvalue weighted by atomic mass is 10.2. The number of carbonyl (C=O) groups is 1. The molecule has 0 fully saturated rings. The second-order valence-corrected chi connectivity index (χ2v) is 4.04. The van der Waals surface area contributed by atoms with Gasteiger partial charge in [0.1, 0.15) is 12.9 Å². The number of benzene rings is 1. The molecule has 1 heterocycles. The minimum Gasteiger partial charge on any atom is -0.485 e. The van der Waals surface area contributed by atoms with Crippen LogP contribution >= 0.6 is 11.3 Å². The second-order valence-electron chi connectivity index (χ2n) is 3.06. The van der Waals surface area contributed by atoms with Crippen molar-refractivity contribution in [3.05, 3.63) is 46.2 Å². The Labute approximate surface area is 95.5 Å². The lowest BCUT2D eigenvalue weighted by Gasteiger charge is -2.05. The molecule has 16 heavy (non-hydrogen) atoms. The lowest BCUT2D eigenvalue weighted by Crippen LogP contribution is -1.96. The van der Waals surface area contributed by atoms with Gasteiger partial charge in [0.2, 0.25) is 0 Å². The van der Waals surface area contributed by atoms with Crippen LogP contribution in [0.3, 0.4) is 0 Å². The Hall–Kier alpha value is -1.75. The number of halogens is 1. The Bertz CT molecular complexity index is 485. The van der Waals surface area contributed by atoms with Crippen LogP contribution in [-0.2, 0) is 6.61 Å². The van der Waals surface area contributed by atoms with Gasteiger partial charge < -0.3 is 4.74 Å². The summed E-state index contributed by atoms with van der Waals surface area (Å²) in [6.07, 6.45) is 2.26. The summed E-state index contributed by atoms with van der Waals surface area (Å²) in [5, 5.41) is 0. The van der Waals surface area contributed by atoms with Gasteiger partial charge in [-0.3, -0.25) is 9.78 Å². The van der Waals surface area contributed by atoms with Crippen LogP contribution in [0.2, 0.25) is 0 Å². The number of aldehydes is 1. The van der Waals surface area contributed by atoms with Gasteiger partial charge in [-0.2, -0.15) is 0 Å². The minimum atomic E-state index is -0.533. The standard InChI is InChI=1S/C11H8FNO2S/c12-10-3-8(5-14)1-2-11(10)15-6-9-4-13-7-16-9/h1-5,7H,6H2. The minimum absolute atomic E-state index is 0.138. The third-order valence-corrected chi connectivity index (χ3v) is 2.70. The molecule has 5 heteroatoms. The van der Waals surface area contributed by atoms with E-state index in [1.807, 2.05) is 0 Å². The van der Waals surface area contributed by atoms with Crippen LogP contribution in [0.1, 0.15) is 15.2 Å². The highest BCUT2D eigenvalue weighted by atomic mass is 32.1. The average molecular weight is 237 g/mol. The van der Waals surface area contributed by atoms with Gasteiger partial charge in [0, 0.05) is 11.8 Å². The molecule has 0 aliphatic rings. The van der Waals surface area contributed by atoms with Crippen molar-refractivity contribution >= 4 is 17.6 Å². The van der Waals surface area contributed by atoms with Crippen molar-refractivity contribution in [3.8, 4) is 5.75 Å². The molecule has 0 bridgehead atoms. The normalized spacial score (nSPS) is 10.1. The van der Waals surface area contributed by atoms with Crippen molar-refractivity contribution in [2.24, 2.45) is 0 Å². The average Bonchev–Trinajstić information content (AvgIpc) is 2.80. The van der Waals surface area contributed by atoms with Crippen LogP contribution < -0.4 is 4.74 Å². The Morgan fingerprint density at radius 3 is 3.00 bits per heavy atom. The van der Waals surface area contributed by atoms with Gasteiger partial charge in [-0.05, 0) is 18.2 Å². The number of hydrogen-bond acceptors (Lipinski definition) is 4. The van der Waals surface area contributed by atoms with Crippen LogP contribution in [-0.4, -0.2) is 11.3 Å². The summed E-state index contributed by atoms with van der Waals surface area (Å²) in [6.45, 7) is 0.280. The largest absolute Gasteiger partial charge is 0.485 e. The van der Waals surface area contributed by atoms with Crippen LogP contribution in [0, 0.1) is 5.82 Å². The Morgan fingerprint density at radius 2 is 2.38 bits per heavy atom. The lowest BCUT2D eigenvalue weighted by molar-refractivity contribution is 0.112. The molecule has 3 nitrogen and oxygen atoms in total. The SMILES string of the molecule is O=Cc1ccc(OCc2cncs2)c(F)c1. The molecule has 0 spiro atoms. The Kier molecular flexibility index (Phi) is 3.26. The number of carbonyl (C=O) groups excluding carboxylic acids is 1. The molecule has 0 aliphatic carbocycles. The number of nitrogens with zero attached hydrogens (tertiary/aromatic N) is 1. The molecule has 0 unspecified atom stereocenters. The van der Waals surface area contributed by atoms with Crippen molar-refractivity contribution in [2.75, 3.05) is 0 Å². The molecular formula is C11H8FNO2S. The summed E-state index contributed by atoms with van der Waals surface area (Å²) in [6, 6.07) is 4.10. The Morgan fingerprint density at radius 1 is 1.50 bits per heavy atom. The van der Waals surface area contributed by atoms with Crippen LogP contribution in [0.25, 0.3) is 0 Å². The van der Waals surface area contributed by atoms with E-state index in [1.54, 1.807) is 11.7 Å². The highest BCUT2D eigenvalue weighted by Gasteiger charge is 2.05. The maximum Gasteiger partial charge on any atom is 0.165 e. The van der Waals surface area contributed by atoms with Gasteiger partial charge in [-0.15, -0.1) is 11.3 Å². The molecule has 0 saturated carbocycles. The van der Waals surface area contributed by atoms with Crippen molar-refractivity contribution in [1.29, 1.82) is 0 Å². The summed E-state index contributed by atoms with van der Waals surface area (Å²) in [5.74, 6) is -0.395. The molecule has 2 aromatic rings. The van der Waals surface area contributed by atoms with Crippen LogP contribution in [0.15, 0.2) is 29.9 Å². The summed E-state index contributed by atoms with van der Waals surface area (Å²) in [5.41, 5.74) is 1.98. The molecule has 2 rings (SSSR count). The van der Waals surface area contributed by atoms with Crippen LogP contribution in [0.5, 0.6) is 5.75 Å². The van der Waals surface area contributed by atoms with Gasteiger partial charge in [0.25, 0.3) is 0 Å². The highest BCUT2D eigenvalue weighted by molar-refractivity contribution is 7.09. The quantitative estimate of drug-likeness (QED) is 0.767. The first kappa shape index (κ1) is 10.8. The first-order valence-electron chi connectivity index (χ1n) is 4.54. The second kappa shape index (κ2) is 4.85. The fraction of sp³-hybridized carbons (Fsp3) is 0.0909. The van der Waals surface area contributed by atoms with Gasteiger partial charge >= 0.3 is 0 Å². The van der Waals surface area contributed by atoms with Gasteiger partial charge in [-0.1, -0.05) is 0 Å². The van der Waals surface area contributed by atoms with E-state index in [-0.39, 0.29) is 12.4 Å². The summed E-state index contributed by atoms with van der Waals surface area (Å²) >= 11 is 1.44. The Balaban J connectivity index is 2.07. The van der Waals surface area contributed by atoms with E-state index in [0.29, 0.717) is 11.8 Å². The van der Waals surface area contributed by atoms with Gasteiger partial charge in [0.15, 0.2) is 11.6 Å². The van der Waals surface area contributed by atoms with E-state index in [9.17, 15) is 9.18 Å². The van der Waals surface area contributed by atoms with E-state index in [1.165, 1.54) is 23.5 Å². The number of aromatic nitrogens is 1. The van der Waals surface area contributed by atoms with Crippen molar-refractivity contribution < 1.29 is 13.9 Å². The molecule has 0 radical (unpaired) electrons. The molecule has 1 aromatic carbocycles. The predicted molar refractivity (Wildman–Crippen MR) is 58.2 cm³/mol. The predicted octanol–water partition coefficient (Wildman–Crippen LogP) is 2.67. The third kappa shape index (κ3) is 2.43. The van der Waals surface area contributed by atoms with Gasteiger partial charge in [0.05, 0.1) is 10.4 Å². The van der Waals surface area contributed by atoms with Crippen molar-refractivity contribution in [1.82, 2.24) is 4.98 Å². The molecule has 0 aliphatic heterocycles. The van der Waals surface area contributed by atoms with E-state index < -0.39 is 5.82 Å². The molecule has 82 valence electrons. The molecular weight excluding hydrogens is 229 g/mol. The fourth-order valence-electron chi connectivity index (χ4n) is 1.17. The van der Waals surface area contributed by atoms with E-state index in [0.717, 1.165) is 10.9 Å². The molecule has 1 aromatic heterocycles. The van der Waals surface area contributed by atoms with Crippen molar-refractivity contribution in [2.45, 2.75) is 6.61 Å². The number of ether oxygens (including phenoxy) is 1. The summed E-state index contributed by atoms with van der Waals surface area (Å²) < 4.78 is 18.6. The molecule has 0 saturated heterocycles. The number of rotatable bonds is 4. The van der Waals surface area contributed by atoms with Crippen LogP contribution in [0.4, 0.5) is 4.39 Å². The summed E-state index contributed by atoms with van der Waals surface area (Å²) in [4.78, 5) is 15.2. The highest BCUT2D eigenvalue weighted by Crippen LogP contribution is 2.19.